The second-order valence-corrected chi connectivity index (χ2v) is 1.14. The molecule has 3 heteroatoms. The van der Waals surface area contributed by atoms with Crippen LogP contribution < -0.4 is 0 Å². The van der Waals surface area contributed by atoms with Gasteiger partial charge in [0.2, 0.25) is 0 Å². The molecule has 42 valence electrons. The molecule has 0 aromatic carbocycles. The molecule has 0 aromatic rings. The Kier molecular flexibility index (Phi) is 9.49. The molecule has 1 N–H and O–H groups in total. The number of aliphatic carboxylic acids is 1. The van der Waals surface area contributed by atoms with Crippen molar-refractivity contribution in [3.8, 4) is 0 Å². The van der Waals surface area contributed by atoms with Crippen LogP contribution in [-0.2, 0) is 4.79 Å². The first-order chi connectivity index (χ1) is 2.77. The van der Waals surface area contributed by atoms with Crippen LogP contribution in [0, 0.1) is 0 Å². The van der Waals surface area contributed by atoms with E-state index >= 15 is 0 Å². The van der Waals surface area contributed by atoms with Gasteiger partial charge >= 0.3 is 33.3 Å². The van der Waals surface area contributed by atoms with Crippen molar-refractivity contribution in [3.63, 3.8) is 0 Å². The van der Waals surface area contributed by atoms with Crippen LogP contribution in [0.2, 0.25) is 0 Å². The van der Waals surface area contributed by atoms with Gasteiger partial charge in [0.25, 0.3) is 0 Å². The van der Waals surface area contributed by atoms with Crippen LogP contribution >= 0.6 is 0 Å². The maximum absolute atomic E-state index is 9.60. The second kappa shape index (κ2) is 6.39. The topological polar surface area (TPSA) is 37.3 Å². The predicted molar refractivity (Wildman–Crippen MR) is 31.1 cm³/mol. The Morgan fingerprint density at radius 1 is 1.71 bits per heavy atom. The summed E-state index contributed by atoms with van der Waals surface area (Å²) in [7, 11) is 0. The van der Waals surface area contributed by atoms with Gasteiger partial charge in [-0.3, -0.25) is 4.79 Å². The van der Waals surface area contributed by atoms with Crippen LogP contribution in [-0.4, -0.2) is 38.4 Å². The van der Waals surface area contributed by atoms with Gasteiger partial charge in [-0.2, -0.15) is 0 Å². The molecule has 0 aliphatic rings. The van der Waals surface area contributed by atoms with Gasteiger partial charge in [-0.25, -0.2) is 0 Å². The van der Waals surface area contributed by atoms with E-state index in [0.717, 1.165) is 6.42 Å². The van der Waals surface area contributed by atoms with E-state index in [1.807, 2.05) is 6.92 Å². The predicted octanol–water partition coefficient (Wildman–Crippen LogP) is -0.0451. The molecule has 0 fully saturated rings. The first-order valence-corrected chi connectivity index (χ1v) is 1.99. The summed E-state index contributed by atoms with van der Waals surface area (Å²) in [6, 6.07) is 0. The molecule has 0 amide bonds. The minimum absolute atomic E-state index is 0. The van der Waals surface area contributed by atoms with E-state index < -0.39 is 5.97 Å². The Morgan fingerprint density at radius 2 is 2.14 bits per heavy atom. The summed E-state index contributed by atoms with van der Waals surface area (Å²) in [6.07, 6.45) is 1.02. The number of carboxylic acid groups (broad SMARTS) is 1. The van der Waals surface area contributed by atoms with Gasteiger partial charge in [-0.1, -0.05) is 6.92 Å². The molecule has 0 aliphatic heterocycles. The monoisotopic (exact) mass is 298 g/mol. The standard InChI is InChI=1S/C4H8O2.Pb.2H/c1-2-3-4(5)6;;;/h2-3H2,1H3,(H,5,6);;;. The Hall–Kier alpha value is 0.392. The van der Waals surface area contributed by atoms with Gasteiger partial charge in [0.05, 0.1) is 0 Å². The zero-order valence-corrected chi connectivity index (χ0v) is 9.97. The molecule has 0 unspecified atom stereocenters. The molecule has 0 atom stereocenters. The van der Waals surface area contributed by atoms with Gasteiger partial charge in [-0.15, -0.1) is 0 Å². The van der Waals surface area contributed by atoms with E-state index in [1.54, 1.807) is 0 Å². The fraction of sp³-hybridized carbons (Fsp3) is 0.750. The van der Waals surface area contributed by atoms with E-state index in [-0.39, 0.29) is 27.3 Å². The van der Waals surface area contributed by atoms with E-state index in [1.165, 1.54) is 0 Å². The average molecular weight is 297 g/mol. The molecule has 2 radical (unpaired) electrons. The SMILES string of the molecule is CCCC(=O)O.[PbH2]. The molecule has 0 spiro atoms. The summed E-state index contributed by atoms with van der Waals surface area (Å²) in [6.45, 7) is 1.84. The zero-order chi connectivity index (χ0) is 4.99. The fourth-order valence-corrected chi connectivity index (χ4v) is 0.214. The van der Waals surface area contributed by atoms with Crippen molar-refractivity contribution in [3.05, 3.63) is 0 Å². The third-order valence-corrected chi connectivity index (χ3v) is 0.464. The van der Waals surface area contributed by atoms with Crippen LogP contribution in [0.3, 0.4) is 0 Å². The summed E-state index contributed by atoms with van der Waals surface area (Å²) >= 11 is 0. The van der Waals surface area contributed by atoms with Crippen LogP contribution in [0.1, 0.15) is 19.8 Å². The van der Waals surface area contributed by atoms with Gasteiger partial charge in [0, 0.05) is 6.42 Å². The average Bonchev–Trinajstić information content (AvgIpc) is 1.35. The number of hydrogen-bond acceptors (Lipinski definition) is 1. The maximum atomic E-state index is 9.60. The van der Waals surface area contributed by atoms with Crippen molar-refractivity contribution in [1.82, 2.24) is 0 Å². The van der Waals surface area contributed by atoms with E-state index in [2.05, 4.69) is 0 Å². The summed E-state index contributed by atoms with van der Waals surface area (Å²) in [5.41, 5.74) is 0. The Bertz CT molecular complexity index is 53.7. The van der Waals surface area contributed by atoms with Gasteiger partial charge in [0.1, 0.15) is 0 Å². The Labute approximate surface area is 63.1 Å². The molecule has 0 bridgehead atoms. The van der Waals surface area contributed by atoms with Crippen molar-refractivity contribution < 1.29 is 9.90 Å². The molecule has 0 heterocycles. The quantitative estimate of drug-likeness (QED) is 0.726. The van der Waals surface area contributed by atoms with Crippen molar-refractivity contribution in [2.45, 2.75) is 19.8 Å². The summed E-state index contributed by atoms with van der Waals surface area (Å²) in [5.74, 6) is -0.711. The molecule has 0 rings (SSSR count). The third kappa shape index (κ3) is 10.7. The molecule has 0 aromatic heterocycles. The zero-order valence-electron chi connectivity index (χ0n) is 4.48. The molecule has 0 aliphatic carbocycles. The summed E-state index contributed by atoms with van der Waals surface area (Å²) < 4.78 is 0. The van der Waals surface area contributed by atoms with E-state index in [4.69, 9.17) is 5.11 Å². The van der Waals surface area contributed by atoms with E-state index in [9.17, 15) is 4.79 Å². The summed E-state index contributed by atoms with van der Waals surface area (Å²) in [4.78, 5) is 9.60. The van der Waals surface area contributed by atoms with Crippen LogP contribution in [0.25, 0.3) is 0 Å². The molecule has 0 saturated heterocycles. The second-order valence-electron chi connectivity index (χ2n) is 1.14. The van der Waals surface area contributed by atoms with Gasteiger partial charge in [0.15, 0.2) is 0 Å². The molecule has 7 heavy (non-hydrogen) atoms. The van der Waals surface area contributed by atoms with Crippen LogP contribution in [0.4, 0.5) is 0 Å². The number of carbonyl (C=O) groups is 1. The van der Waals surface area contributed by atoms with Crippen LogP contribution in [0.15, 0.2) is 0 Å². The van der Waals surface area contributed by atoms with Crippen molar-refractivity contribution in [2.75, 3.05) is 0 Å². The van der Waals surface area contributed by atoms with Gasteiger partial charge < -0.3 is 5.11 Å². The fourth-order valence-electron chi connectivity index (χ4n) is 0.214. The molecular weight excluding hydrogens is 287 g/mol. The number of carboxylic acids is 1. The number of hydrogen-bond donors (Lipinski definition) is 1. The van der Waals surface area contributed by atoms with Crippen molar-refractivity contribution in [2.24, 2.45) is 0 Å². The van der Waals surface area contributed by atoms with Crippen LogP contribution in [0.5, 0.6) is 0 Å². The molecule has 0 saturated carbocycles. The van der Waals surface area contributed by atoms with E-state index in [0.29, 0.717) is 6.42 Å². The normalized spacial score (nSPS) is 7.00. The molecular formula is C4H10O2Pb. The van der Waals surface area contributed by atoms with Gasteiger partial charge in [-0.05, 0) is 6.42 Å². The van der Waals surface area contributed by atoms with Crippen molar-refractivity contribution in [1.29, 1.82) is 0 Å². The minimum atomic E-state index is -0.711. The number of rotatable bonds is 2. The first kappa shape index (κ1) is 10.4. The Balaban J connectivity index is 0. The Morgan fingerprint density at radius 3 is 2.14 bits per heavy atom. The third-order valence-electron chi connectivity index (χ3n) is 0.464. The molecule has 2 nitrogen and oxygen atoms in total. The van der Waals surface area contributed by atoms with Crippen molar-refractivity contribution >= 4 is 33.3 Å². The first-order valence-electron chi connectivity index (χ1n) is 1.99. The summed E-state index contributed by atoms with van der Waals surface area (Å²) in [5, 5.41) is 7.91.